The molecule has 9 heteroatoms. The van der Waals surface area contributed by atoms with Crippen molar-refractivity contribution in [3.05, 3.63) is 82.9 Å². The van der Waals surface area contributed by atoms with Gasteiger partial charge < -0.3 is 18.9 Å². The van der Waals surface area contributed by atoms with Crippen LogP contribution in [0.3, 0.4) is 0 Å². The highest BCUT2D eigenvalue weighted by Gasteiger charge is 2.33. The molecule has 2 atom stereocenters. The summed E-state index contributed by atoms with van der Waals surface area (Å²) in [5, 5.41) is 0. The Hall–Kier alpha value is -3.75. The molecule has 0 N–H and O–H groups in total. The molecule has 34 heavy (non-hydrogen) atoms. The maximum Gasteiger partial charge on any atom is 0.289 e. The molecule has 0 radical (unpaired) electrons. The molecule has 1 aliphatic rings. The van der Waals surface area contributed by atoms with Crippen molar-refractivity contribution >= 4 is 12.0 Å². The van der Waals surface area contributed by atoms with E-state index in [0.29, 0.717) is 11.3 Å². The minimum atomic E-state index is -1.54. The molecule has 0 saturated carbocycles. The largest absolute Gasteiger partial charge is 0.495 e. The molecule has 3 aromatic rings. The standard InChI is InChI=1S/C25H24F3N3O3/c1-14-11-30(13-29-14)21-6-5-17(7-22(21)33-4)8-23-25(32)31(12-15(2)34-23)16(3)18-9-19(26)24(28)20(27)10-18/h5-11,13,15-16H,12H2,1-4H3/b23-8-/t15-,16-/m0/s1. The molecule has 6 nitrogen and oxygen atoms in total. The van der Waals surface area contributed by atoms with Crippen LogP contribution in [0.1, 0.15) is 36.7 Å². The lowest BCUT2D eigenvalue weighted by molar-refractivity contribution is -0.141. The number of aryl methyl sites for hydroxylation is 1. The zero-order valence-electron chi connectivity index (χ0n) is 19.2. The molecule has 0 bridgehead atoms. The number of amides is 1. The normalized spacial score (nSPS) is 18.2. The fourth-order valence-electron chi connectivity index (χ4n) is 3.93. The van der Waals surface area contributed by atoms with Crippen LogP contribution >= 0.6 is 0 Å². The van der Waals surface area contributed by atoms with Crippen molar-refractivity contribution in [2.75, 3.05) is 13.7 Å². The maximum atomic E-state index is 13.8. The summed E-state index contributed by atoms with van der Waals surface area (Å²) in [6, 6.07) is 6.53. The first-order valence-electron chi connectivity index (χ1n) is 10.7. The maximum absolute atomic E-state index is 13.8. The van der Waals surface area contributed by atoms with Gasteiger partial charge in [0.05, 0.1) is 37.4 Å². The highest BCUT2D eigenvalue weighted by atomic mass is 19.2. The molecule has 1 fully saturated rings. The number of halogens is 3. The van der Waals surface area contributed by atoms with E-state index in [9.17, 15) is 18.0 Å². The molecule has 1 aliphatic heterocycles. The fraction of sp³-hybridized carbons (Fsp3) is 0.280. The number of aromatic nitrogens is 2. The molecule has 1 saturated heterocycles. The number of carbonyl (C=O) groups is 1. The molecule has 178 valence electrons. The Morgan fingerprint density at radius 2 is 1.91 bits per heavy atom. The van der Waals surface area contributed by atoms with Crippen molar-refractivity contribution in [1.29, 1.82) is 0 Å². The van der Waals surface area contributed by atoms with Gasteiger partial charge in [-0.05, 0) is 62.2 Å². The Kier molecular flexibility index (Phi) is 6.37. The number of benzene rings is 2. The second-order valence-electron chi connectivity index (χ2n) is 8.22. The number of rotatable bonds is 5. The molecule has 4 rings (SSSR count). The number of imidazole rings is 1. The first-order chi connectivity index (χ1) is 16.2. The van der Waals surface area contributed by atoms with Crippen LogP contribution in [-0.2, 0) is 9.53 Å². The summed E-state index contributed by atoms with van der Waals surface area (Å²) < 4.78 is 54.0. The van der Waals surface area contributed by atoms with Gasteiger partial charge in [0.15, 0.2) is 23.2 Å². The van der Waals surface area contributed by atoms with E-state index in [0.717, 1.165) is 23.5 Å². The highest BCUT2D eigenvalue weighted by Crippen LogP contribution is 2.31. The Morgan fingerprint density at radius 1 is 1.21 bits per heavy atom. The number of hydrogen-bond donors (Lipinski definition) is 0. The first-order valence-corrected chi connectivity index (χ1v) is 10.7. The van der Waals surface area contributed by atoms with Gasteiger partial charge in [0.25, 0.3) is 5.91 Å². The lowest BCUT2D eigenvalue weighted by Gasteiger charge is -2.37. The SMILES string of the molecule is COc1cc(/C=C2\O[C@@H](C)CN([C@@H](C)c3cc(F)c(F)c(F)c3)C2=O)ccc1-n1cnc(C)c1. The number of hydrogen-bond acceptors (Lipinski definition) is 4. The Balaban J connectivity index is 1.64. The Labute approximate surface area is 195 Å². The molecule has 0 spiro atoms. The summed E-state index contributed by atoms with van der Waals surface area (Å²) in [6.07, 6.45) is 4.78. The topological polar surface area (TPSA) is 56.6 Å². The molecular weight excluding hydrogens is 447 g/mol. The van der Waals surface area contributed by atoms with Gasteiger partial charge in [-0.1, -0.05) is 6.07 Å². The molecule has 0 unspecified atom stereocenters. The van der Waals surface area contributed by atoms with Crippen molar-refractivity contribution in [1.82, 2.24) is 14.5 Å². The molecule has 0 aliphatic carbocycles. The summed E-state index contributed by atoms with van der Waals surface area (Å²) in [7, 11) is 1.55. The third-order valence-electron chi connectivity index (χ3n) is 5.70. The van der Waals surface area contributed by atoms with Crippen LogP contribution in [0.25, 0.3) is 11.8 Å². The first kappa shape index (κ1) is 23.4. The third-order valence-corrected chi connectivity index (χ3v) is 5.70. The van der Waals surface area contributed by atoms with Gasteiger partial charge in [-0.25, -0.2) is 18.2 Å². The zero-order chi connectivity index (χ0) is 24.6. The van der Waals surface area contributed by atoms with Crippen LogP contribution in [0.15, 0.2) is 48.6 Å². The average Bonchev–Trinajstić information content (AvgIpc) is 3.24. The van der Waals surface area contributed by atoms with Crippen LogP contribution in [0.5, 0.6) is 5.75 Å². The van der Waals surface area contributed by atoms with E-state index >= 15 is 0 Å². The van der Waals surface area contributed by atoms with Gasteiger partial charge in [-0.15, -0.1) is 0 Å². The number of nitrogens with zero attached hydrogens (tertiary/aromatic N) is 3. The number of methoxy groups -OCH3 is 1. The summed E-state index contributed by atoms with van der Waals surface area (Å²) in [4.78, 5) is 18.9. The molecule has 2 heterocycles. The molecular formula is C25H24F3N3O3. The second kappa shape index (κ2) is 9.24. The highest BCUT2D eigenvalue weighted by molar-refractivity contribution is 5.96. The van der Waals surface area contributed by atoms with Crippen LogP contribution in [0.4, 0.5) is 13.2 Å². The van der Waals surface area contributed by atoms with E-state index in [2.05, 4.69) is 4.98 Å². The van der Waals surface area contributed by atoms with Crippen LogP contribution in [0, 0.1) is 24.4 Å². The molecule has 1 aromatic heterocycles. The smallest absolute Gasteiger partial charge is 0.289 e. The monoisotopic (exact) mass is 471 g/mol. The van der Waals surface area contributed by atoms with Gasteiger partial charge >= 0.3 is 0 Å². The lowest BCUT2D eigenvalue weighted by atomic mass is 10.0. The predicted molar refractivity (Wildman–Crippen MR) is 120 cm³/mol. The minimum Gasteiger partial charge on any atom is -0.495 e. The van der Waals surface area contributed by atoms with E-state index in [4.69, 9.17) is 9.47 Å². The third kappa shape index (κ3) is 4.50. The van der Waals surface area contributed by atoms with Crippen molar-refractivity contribution in [2.24, 2.45) is 0 Å². The van der Waals surface area contributed by atoms with Gasteiger partial charge in [0.1, 0.15) is 11.9 Å². The Bertz CT molecular complexity index is 1250. The number of carbonyl (C=O) groups excluding carboxylic acids is 1. The number of ether oxygens (including phenoxy) is 2. The molecule has 2 aromatic carbocycles. The van der Waals surface area contributed by atoms with Crippen molar-refractivity contribution in [3.63, 3.8) is 0 Å². The zero-order valence-corrected chi connectivity index (χ0v) is 19.2. The quantitative estimate of drug-likeness (QED) is 0.390. The van der Waals surface area contributed by atoms with Gasteiger partial charge in [0, 0.05) is 6.20 Å². The Morgan fingerprint density at radius 3 is 2.53 bits per heavy atom. The van der Waals surface area contributed by atoms with E-state index in [1.54, 1.807) is 39.4 Å². The van der Waals surface area contributed by atoms with Crippen molar-refractivity contribution in [3.8, 4) is 11.4 Å². The number of morpholine rings is 1. The van der Waals surface area contributed by atoms with Gasteiger partial charge in [0.2, 0.25) is 0 Å². The van der Waals surface area contributed by atoms with E-state index in [1.807, 2.05) is 29.8 Å². The van der Waals surface area contributed by atoms with E-state index < -0.39 is 29.4 Å². The summed E-state index contributed by atoms with van der Waals surface area (Å²) >= 11 is 0. The van der Waals surface area contributed by atoms with Crippen molar-refractivity contribution < 1.29 is 27.4 Å². The van der Waals surface area contributed by atoms with Gasteiger partial charge in [-0.2, -0.15) is 0 Å². The van der Waals surface area contributed by atoms with Crippen LogP contribution < -0.4 is 4.74 Å². The average molecular weight is 471 g/mol. The summed E-state index contributed by atoms with van der Waals surface area (Å²) in [6.45, 7) is 5.51. The van der Waals surface area contributed by atoms with E-state index in [-0.39, 0.29) is 24.0 Å². The second-order valence-corrected chi connectivity index (χ2v) is 8.22. The van der Waals surface area contributed by atoms with E-state index in [1.165, 1.54) is 4.90 Å². The minimum absolute atomic E-state index is 0.0851. The fourth-order valence-corrected chi connectivity index (χ4v) is 3.93. The lowest BCUT2D eigenvalue weighted by Crippen LogP contribution is -2.45. The molecule has 1 amide bonds. The van der Waals surface area contributed by atoms with Crippen LogP contribution in [-0.4, -0.2) is 40.1 Å². The van der Waals surface area contributed by atoms with Crippen molar-refractivity contribution in [2.45, 2.75) is 32.9 Å². The summed E-state index contributed by atoms with van der Waals surface area (Å²) in [5.41, 5.74) is 2.46. The summed E-state index contributed by atoms with van der Waals surface area (Å²) in [5.74, 6) is -3.92. The van der Waals surface area contributed by atoms with Gasteiger partial charge in [-0.3, -0.25) is 4.79 Å². The van der Waals surface area contributed by atoms with Crippen LogP contribution in [0.2, 0.25) is 0 Å². The predicted octanol–water partition coefficient (Wildman–Crippen LogP) is 4.96.